The summed E-state index contributed by atoms with van der Waals surface area (Å²) >= 11 is 2.43. The number of carbonyl (C=O) groups is 2. The number of aryl methyl sites for hydroxylation is 1. The number of nitrogens with one attached hydrogen (secondary N) is 1. The van der Waals surface area contributed by atoms with Crippen molar-refractivity contribution in [2.75, 3.05) is 5.32 Å². The van der Waals surface area contributed by atoms with Crippen LogP contribution < -0.4 is 5.32 Å². The minimum atomic E-state index is -0.462. The van der Waals surface area contributed by atoms with Gasteiger partial charge < -0.3 is 10.1 Å². The van der Waals surface area contributed by atoms with Crippen molar-refractivity contribution in [1.29, 1.82) is 0 Å². The molecule has 0 saturated carbocycles. The van der Waals surface area contributed by atoms with Crippen LogP contribution in [-0.4, -0.2) is 32.1 Å². The number of rotatable bonds is 8. The van der Waals surface area contributed by atoms with Gasteiger partial charge in [-0.3, -0.25) is 4.79 Å². The molecule has 0 saturated heterocycles. The van der Waals surface area contributed by atoms with E-state index in [2.05, 4.69) is 20.3 Å². The highest BCUT2D eigenvalue weighted by atomic mass is 32.2. The molecule has 2 heterocycles. The van der Waals surface area contributed by atoms with Gasteiger partial charge in [0.25, 0.3) is 0 Å². The molecule has 0 radical (unpaired) electrons. The quantitative estimate of drug-likeness (QED) is 0.201. The average Bonchev–Trinajstić information content (AvgIpc) is 3.23. The molecule has 2 aromatic carbocycles. The zero-order valence-electron chi connectivity index (χ0n) is 18.6. The lowest BCUT2D eigenvalue weighted by molar-refractivity contribution is -0.115. The van der Waals surface area contributed by atoms with Crippen molar-refractivity contribution in [3.05, 3.63) is 89.2 Å². The lowest BCUT2D eigenvalue weighted by atomic mass is 10.1. The van der Waals surface area contributed by atoms with E-state index in [4.69, 9.17) is 4.74 Å². The molecule has 0 aliphatic heterocycles. The van der Waals surface area contributed by atoms with E-state index in [-0.39, 0.29) is 12.5 Å². The van der Waals surface area contributed by atoms with Gasteiger partial charge in [-0.25, -0.2) is 19.7 Å². The number of carbonyl (C=O) groups excluding carboxylic acids is 2. The Kier molecular flexibility index (Phi) is 7.66. The van der Waals surface area contributed by atoms with Crippen LogP contribution in [0.1, 0.15) is 27.9 Å². The van der Waals surface area contributed by atoms with Crippen LogP contribution in [0.3, 0.4) is 0 Å². The van der Waals surface area contributed by atoms with Crippen molar-refractivity contribution in [3.63, 3.8) is 0 Å². The summed E-state index contributed by atoms with van der Waals surface area (Å²) in [6.07, 6.45) is 1.49. The summed E-state index contributed by atoms with van der Waals surface area (Å²) in [6, 6.07) is 21.1. The predicted molar refractivity (Wildman–Crippen MR) is 134 cm³/mol. The molecule has 4 rings (SSSR count). The monoisotopic (exact) mass is 490 g/mol. The Morgan fingerprint density at radius 2 is 1.76 bits per heavy atom. The van der Waals surface area contributed by atoms with Crippen LogP contribution in [-0.2, 0) is 16.1 Å². The van der Waals surface area contributed by atoms with Gasteiger partial charge in [-0.1, -0.05) is 83.8 Å². The Bertz CT molecular complexity index is 1280. The zero-order chi connectivity index (χ0) is 23.9. The van der Waals surface area contributed by atoms with Gasteiger partial charge in [0.2, 0.25) is 5.91 Å². The van der Waals surface area contributed by atoms with Gasteiger partial charge in [0.05, 0.1) is 16.6 Å². The number of nitrogens with zero attached hydrogens (tertiary/aromatic N) is 3. The fraction of sp³-hybridized carbons (Fsp3) is 0.160. The molecule has 34 heavy (non-hydrogen) atoms. The number of hydrogen-bond donors (Lipinski definition) is 1. The number of esters is 1. The van der Waals surface area contributed by atoms with Crippen molar-refractivity contribution in [3.8, 4) is 11.3 Å². The molecule has 0 fully saturated rings. The summed E-state index contributed by atoms with van der Waals surface area (Å²) in [5.74, 6) is -0.695. The maximum Gasteiger partial charge on any atom is 0.350 e. The molecule has 1 unspecified atom stereocenters. The Hall–Kier alpha value is -3.56. The number of hydrogen-bond acceptors (Lipinski definition) is 8. The summed E-state index contributed by atoms with van der Waals surface area (Å²) < 4.78 is 5.39. The Balaban J connectivity index is 1.36. The summed E-state index contributed by atoms with van der Waals surface area (Å²) in [5, 5.41) is 3.41. The van der Waals surface area contributed by atoms with Crippen LogP contribution >= 0.6 is 23.1 Å². The molecule has 0 aliphatic carbocycles. The molecule has 172 valence electrons. The number of benzene rings is 2. The largest absolute Gasteiger partial charge is 0.457 e. The van der Waals surface area contributed by atoms with Crippen molar-refractivity contribution >= 4 is 40.1 Å². The number of thioether (sulfide) groups is 1. The molecule has 4 aromatic rings. The second-order valence-corrected chi connectivity index (χ2v) is 9.71. The SMILES string of the molecule is Cc1nc(NC(=O)C(C)Sc2cc(-c3ccccc3)ncn2)sc1C(=O)OCc1ccccc1. The summed E-state index contributed by atoms with van der Waals surface area (Å²) in [6.45, 7) is 3.69. The second-order valence-electron chi connectivity index (χ2n) is 7.35. The third kappa shape index (κ3) is 6.06. The molecule has 9 heteroatoms. The maximum atomic E-state index is 12.7. The lowest BCUT2D eigenvalue weighted by Crippen LogP contribution is -2.22. The van der Waals surface area contributed by atoms with Crippen molar-refractivity contribution < 1.29 is 14.3 Å². The molecule has 1 amide bonds. The van der Waals surface area contributed by atoms with Gasteiger partial charge in [-0.2, -0.15) is 0 Å². The van der Waals surface area contributed by atoms with Gasteiger partial charge in [-0.15, -0.1) is 0 Å². The fourth-order valence-electron chi connectivity index (χ4n) is 3.04. The molecule has 0 aliphatic rings. The maximum absolute atomic E-state index is 12.7. The number of thiazole rings is 1. The standard InChI is InChI=1S/C25H22N4O3S2/c1-16-22(24(31)32-14-18-9-5-3-6-10-18)34-25(28-16)29-23(30)17(2)33-21-13-20(26-15-27-21)19-11-7-4-8-12-19/h3-13,15,17H,14H2,1-2H3,(H,28,29,30). The molecule has 0 bridgehead atoms. The molecule has 1 atom stereocenters. The van der Waals surface area contributed by atoms with Gasteiger partial charge in [0.1, 0.15) is 22.8 Å². The van der Waals surface area contributed by atoms with Crippen LogP contribution in [0.4, 0.5) is 5.13 Å². The van der Waals surface area contributed by atoms with E-state index in [1.165, 1.54) is 18.1 Å². The number of aromatic nitrogens is 3. The van der Waals surface area contributed by atoms with Gasteiger partial charge in [0.15, 0.2) is 5.13 Å². The highest BCUT2D eigenvalue weighted by Gasteiger charge is 2.21. The smallest absolute Gasteiger partial charge is 0.350 e. The average molecular weight is 491 g/mol. The minimum Gasteiger partial charge on any atom is -0.457 e. The molecular formula is C25H22N4O3S2. The Morgan fingerprint density at radius 3 is 2.50 bits per heavy atom. The lowest BCUT2D eigenvalue weighted by Gasteiger charge is -2.10. The molecule has 0 spiro atoms. The third-order valence-corrected chi connectivity index (χ3v) is 6.89. The van der Waals surface area contributed by atoms with Crippen LogP contribution in [0.15, 0.2) is 78.1 Å². The van der Waals surface area contributed by atoms with Crippen LogP contribution in [0, 0.1) is 6.92 Å². The van der Waals surface area contributed by atoms with Crippen LogP contribution in [0.25, 0.3) is 11.3 Å². The van der Waals surface area contributed by atoms with Crippen LogP contribution in [0.2, 0.25) is 0 Å². The first-order chi connectivity index (χ1) is 16.5. The highest BCUT2D eigenvalue weighted by molar-refractivity contribution is 8.00. The molecule has 1 N–H and O–H groups in total. The van der Waals surface area contributed by atoms with Crippen molar-refractivity contribution in [1.82, 2.24) is 15.0 Å². The summed E-state index contributed by atoms with van der Waals surface area (Å²) in [5.41, 5.74) is 3.19. The van der Waals surface area contributed by atoms with Crippen LogP contribution in [0.5, 0.6) is 0 Å². The minimum absolute atomic E-state index is 0.177. The molecule has 7 nitrogen and oxygen atoms in total. The van der Waals surface area contributed by atoms with Crippen molar-refractivity contribution in [2.45, 2.75) is 30.7 Å². The molecular weight excluding hydrogens is 468 g/mol. The summed E-state index contributed by atoms with van der Waals surface area (Å²) in [7, 11) is 0. The molecule has 2 aromatic heterocycles. The van der Waals surface area contributed by atoms with Crippen molar-refractivity contribution in [2.24, 2.45) is 0 Å². The van der Waals surface area contributed by atoms with Gasteiger partial charge >= 0.3 is 5.97 Å². The zero-order valence-corrected chi connectivity index (χ0v) is 20.2. The van der Waals surface area contributed by atoms with E-state index < -0.39 is 11.2 Å². The number of amides is 1. The van der Waals surface area contributed by atoms with E-state index in [1.54, 1.807) is 13.8 Å². The van der Waals surface area contributed by atoms with Gasteiger partial charge in [0, 0.05) is 5.56 Å². The van der Waals surface area contributed by atoms with E-state index in [1.807, 2.05) is 66.7 Å². The van der Waals surface area contributed by atoms with E-state index in [0.717, 1.165) is 28.2 Å². The second kappa shape index (κ2) is 11.0. The Morgan fingerprint density at radius 1 is 1.06 bits per heavy atom. The number of ether oxygens (including phenoxy) is 1. The normalized spacial score (nSPS) is 11.6. The fourth-order valence-corrected chi connectivity index (χ4v) is 4.72. The first-order valence-electron chi connectivity index (χ1n) is 10.5. The predicted octanol–water partition coefficient (Wildman–Crippen LogP) is 5.38. The van der Waals surface area contributed by atoms with E-state index in [9.17, 15) is 9.59 Å². The first-order valence-corrected chi connectivity index (χ1v) is 12.2. The van der Waals surface area contributed by atoms with E-state index >= 15 is 0 Å². The Labute approximate surface area is 205 Å². The highest BCUT2D eigenvalue weighted by Crippen LogP contribution is 2.28. The topological polar surface area (TPSA) is 94.1 Å². The summed E-state index contributed by atoms with van der Waals surface area (Å²) in [4.78, 5) is 38.5. The van der Waals surface area contributed by atoms with E-state index in [0.29, 0.717) is 20.7 Å². The third-order valence-electron chi connectivity index (χ3n) is 4.80. The number of anilines is 1. The van der Waals surface area contributed by atoms with Gasteiger partial charge in [-0.05, 0) is 25.5 Å². The first kappa shape index (κ1) is 23.6.